The molecular weight excluding hydrogens is 358 g/mol. The van der Waals surface area contributed by atoms with Crippen molar-refractivity contribution in [2.24, 2.45) is 0 Å². The van der Waals surface area contributed by atoms with Crippen LogP contribution in [0.2, 0.25) is 0 Å². The van der Waals surface area contributed by atoms with Gasteiger partial charge in [0.05, 0.1) is 0 Å². The normalized spacial score (nSPS) is 11.4. The average Bonchev–Trinajstić information content (AvgIpc) is 2.90. The highest BCUT2D eigenvalue weighted by atomic mass is 32.2. The fourth-order valence-corrected chi connectivity index (χ4v) is 3.93. The molecule has 0 saturated carbocycles. The lowest BCUT2D eigenvalue weighted by Gasteiger charge is -2.22. The second-order valence-corrected chi connectivity index (χ2v) is 7.53. The first-order valence-electron chi connectivity index (χ1n) is 7.95. The summed E-state index contributed by atoms with van der Waals surface area (Å²) in [4.78, 5) is 24.9. The number of ketones is 1. The highest BCUT2D eigenvalue weighted by Gasteiger charge is 2.24. The van der Waals surface area contributed by atoms with Gasteiger partial charge in [0.15, 0.2) is 11.5 Å². The van der Waals surface area contributed by atoms with E-state index < -0.39 is 10.0 Å². The minimum absolute atomic E-state index is 0.00370. The largest absolute Gasteiger partial charge is 0.360 e. The lowest BCUT2D eigenvalue weighted by Crippen LogP contribution is -2.37. The first-order chi connectivity index (χ1) is 12.1. The molecule has 26 heavy (non-hydrogen) atoms. The zero-order valence-electron chi connectivity index (χ0n) is 15.1. The van der Waals surface area contributed by atoms with E-state index >= 15 is 0 Å². The molecule has 8 nitrogen and oxygen atoms in total. The van der Waals surface area contributed by atoms with Crippen molar-refractivity contribution in [1.82, 2.24) is 9.88 Å². The maximum Gasteiger partial charge on any atom is 0.246 e. The molecule has 140 valence electrons. The maximum absolute atomic E-state index is 12.4. The van der Waals surface area contributed by atoms with E-state index in [0.29, 0.717) is 11.3 Å². The standard InChI is InChI=1S/C17H21N3O5S/c1-11-17(13(3)25-19-11)26(23,24)18-8-9-20(14(4)22)16-7-5-6-15(10-16)12(2)21/h5-7,10,18H,8-9H2,1-4H3. The van der Waals surface area contributed by atoms with Crippen molar-refractivity contribution in [3.05, 3.63) is 41.3 Å². The molecule has 0 fully saturated rings. The second-order valence-electron chi connectivity index (χ2n) is 5.83. The van der Waals surface area contributed by atoms with Gasteiger partial charge in [-0.15, -0.1) is 0 Å². The molecule has 0 unspecified atom stereocenters. The van der Waals surface area contributed by atoms with Crippen LogP contribution in [-0.4, -0.2) is 38.4 Å². The van der Waals surface area contributed by atoms with Gasteiger partial charge in [0, 0.05) is 31.3 Å². The lowest BCUT2D eigenvalue weighted by molar-refractivity contribution is -0.116. The number of hydrogen-bond donors (Lipinski definition) is 1. The summed E-state index contributed by atoms with van der Waals surface area (Å²) in [5.41, 5.74) is 1.28. The summed E-state index contributed by atoms with van der Waals surface area (Å²) in [5, 5.41) is 3.64. The van der Waals surface area contributed by atoms with E-state index in [1.165, 1.54) is 25.7 Å². The minimum Gasteiger partial charge on any atom is -0.360 e. The van der Waals surface area contributed by atoms with Gasteiger partial charge in [-0.05, 0) is 32.9 Å². The number of nitrogens with zero attached hydrogens (tertiary/aromatic N) is 2. The molecule has 1 heterocycles. The molecule has 9 heteroatoms. The molecule has 0 aliphatic rings. The lowest BCUT2D eigenvalue weighted by atomic mass is 10.1. The van der Waals surface area contributed by atoms with Crippen LogP contribution in [0.1, 0.15) is 35.7 Å². The molecule has 0 aliphatic carbocycles. The zero-order valence-corrected chi connectivity index (χ0v) is 15.9. The average molecular weight is 379 g/mol. The molecule has 1 amide bonds. The van der Waals surface area contributed by atoms with Crippen molar-refractivity contribution < 1.29 is 22.5 Å². The summed E-state index contributed by atoms with van der Waals surface area (Å²) in [6, 6.07) is 6.63. The van der Waals surface area contributed by atoms with E-state index in [9.17, 15) is 18.0 Å². The van der Waals surface area contributed by atoms with Crippen LogP contribution in [0, 0.1) is 13.8 Å². The molecule has 1 aromatic heterocycles. The van der Waals surface area contributed by atoms with Crippen LogP contribution in [0.5, 0.6) is 0 Å². The molecule has 0 bridgehead atoms. The molecule has 1 N–H and O–H groups in total. The number of carbonyl (C=O) groups excluding carboxylic acids is 2. The van der Waals surface area contributed by atoms with Crippen molar-refractivity contribution in [2.45, 2.75) is 32.6 Å². The van der Waals surface area contributed by atoms with Crippen LogP contribution in [0.25, 0.3) is 0 Å². The third-order valence-electron chi connectivity index (χ3n) is 3.81. The molecule has 0 aliphatic heterocycles. The predicted octanol–water partition coefficient (Wildman–Crippen LogP) is 1.83. The van der Waals surface area contributed by atoms with Gasteiger partial charge in [0.1, 0.15) is 10.6 Å². The summed E-state index contributed by atoms with van der Waals surface area (Å²) in [7, 11) is -3.80. The highest BCUT2D eigenvalue weighted by molar-refractivity contribution is 7.89. The second kappa shape index (κ2) is 7.79. The van der Waals surface area contributed by atoms with Gasteiger partial charge in [-0.25, -0.2) is 13.1 Å². The van der Waals surface area contributed by atoms with Gasteiger partial charge < -0.3 is 9.42 Å². The number of carbonyl (C=O) groups is 2. The monoisotopic (exact) mass is 379 g/mol. The van der Waals surface area contributed by atoms with E-state index in [1.54, 1.807) is 31.2 Å². The van der Waals surface area contributed by atoms with Gasteiger partial charge in [-0.1, -0.05) is 17.3 Å². The van der Waals surface area contributed by atoms with Crippen LogP contribution in [0.3, 0.4) is 0 Å². The van der Waals surface area contributed by atoms with Crippen molar-refractivity contribution >= 4 is 27.4 Å². The van der Waals surface area contributed by atoms with Crippen molar-refractivity contribution in [2.75, 3.05) is 18.0 Å². The number of Topliss-reactive ketones (excluding diaryl/α,β-unsaturated/α-hetero) is 1. The number of benzene rings is 1. The zero-order chi connectivity index (χ0) is 19.5. The van der Waals surface area contributed by atoms with Crippen molar-refractivity contribution in [3.63, 3.8) is 0 Å². The Morgan fingerprint density at radius 2 is 1.92 bits per heavy atom. The Morgan fingerprint density at radius 3 is 2.46 bits per heavy atom. The van der Waals surface area contributed by atoms with Gasteiger partial charge in [0.25, 0.3) is 0 Å². The fourth-order valence-electron chi connectivity index (χ4n) is 2.58. The summed E-state index contributed by atoms with van der Waals surface area (Å²) < 4.78 is 32.1. The highest BCUT2D eigenvalue weighted by Crippen LogP contribution is 2.19. The number of aryl methyl sites for hydroxylation is 2. The van der Waals surface area contributed by atoms with E-state index in [2.05, 4.69) is 9.88 Å². The molecular formula is C17H21N3O5S. The number of rotatable bonds is 7. The summed E-state index contributed by atoms with van der Waals surface area (Å²) in [6.07, 6.45) is 0. The van der Waals surface area contributed by atoms with Crippen LogP contribution >= 0.6 is 0 Å². The Balaban J connectivity index is 2.14. The van der Waals surface area contributed by atoms with E-state index in [0.717, 1.165) is 0 Å². The summed E-state index contributed by atoms with van der Waals surface area (Å²) >= 11 is 0. The first kappa shape index (κ1) is 19.8. The Bertz CT molecular complexity index is 914. The molecule has 0 saturated heterocycles. The van der Waals surface area contributed by atoms with Crippen LogP contribution in [0.15, 0.2) is 33.7 Å². The van der Waals surface area contributed by atoms with E-state index in [4.69, 9.17) is 4.52 Å². The topological polar surface area (TPSA) is 110 Å². The predicted molar refractivity (Wildman–Crippen MR) is 95.6 cm³/mol. The Kier molecular flexibility index (Phi) is 5.94. The smallest absolute Gasteiger partial charge is 0.246 e. The molecule has 2 rings (SSSR count). The van der Waals surface area contributed by atoms with Crippen LogP contribution < -0.4 is 9.62 Å². The Labute approximate surface area is 152 Å². The summed E-state index contributed by atoms with van der Waals surface area (Å²) in [6.45, 7) is 5.98. The van der Waals surface area contributed by atoms with Gasteiger partial charge in [-0.2, -0.15) is 0 Å². The Morgan fingerprint density at radius 1 is 1.23 bits per heavy atom. The number of amides is 1. The van der Waals surface area contributed by atoms with Gasteiger partial charge in [0.2, 0.25) is 15.9 Å². The van der Waals surface area contributed by atoms with Crippen LogP contribution in [0.4, 0.5) is 5.69 Å². The third-order valence-corrected chi connectivity index (χ3v) is 5.51. The number of nitrogens with one attached hydrogen (secondary N) is 1. The maximum atomic E-state index is 12.4. The van der Waals surface area contributed by atoms with Crippen molar-refractivity contribution in [3.8, 4) is 0 Å². The number of sulfonamides is 1. The molecule has 1 aromatic carbocycles. The summed E-state index contributed by atoms with van der Waals surface area (Å²) in [5.74, 6) is -0.177. The molecule has 2 aromatic rings. The number of anilines is 1. The van der Waals surface area contributed by atoms with Gasteiger partial charge >= 0.3 is 0 Å². The quantitative estimate of drug-likeness (QED) is 0.735. The molecule has 0 atom stereocenters. The molecule has 0 radical (unpaired) electrons. The van der Waals surface area contributed by atoms with E-state index in [1.807, 2.05) is 0 Å². The minimum atomic E-state index is -3.80. The third kappa shape index (κ3) is 4.36. The first-order valence-corrected chi connectivity index (χ1v) is 9.43. The fraction of sp³-hybridized carbons (Fsp3) is 0.353. The van der Waals surface area contributed by atoms with Gasteiger partial charge in [-0.3, -0.25) is 9.59 Å². The molecule has 0 spiro atoms. The Hall–Kier alpha value is -2.52. The number of aromatic nitrogens is 1. The number of hydrogen-bond acceptors (Lipinski definition) is 6. The van der Waals surface area contributed by atoms with Crippen molar-refractivity contribution in [1.29, 1.82) is 0 Å². The SMILES string of the molecule is CC(=O)c1cccc(N(CCNS(=O)(=O)c2c(C)noc2C)C(C)=O)c1. The van der Waals surface area contributed by atoms with Crippen LogP contribution in [-0.2, 0) is 14.8 Å². The van der Waals surface area contributed by atoms with E-state index in [-0.39, 0.29) is 41.1 Å².